The molecular weight excluding hydrogens is 272 g/mol. The summed E-state index contributed by atoms with van der Waals surface area (Å²) >= 11 is 5.27. The highest BCUT2D eigenvalue weighted by Gasteiger charge is 2.43. The lowest BCUT2D eigenvalue weighted by Gasteiger charge is -2.35. The van der Waals surface area contributed by atoms with Crippen LogP contribution in [0.3, 0.4) is 0 Å². The van der Waals surface area contributed by atoms with E-state index in [1.807, 2.05) is 7.05 Å². The predicted molar refractivity (Wildman–Crippen MR) is 83.5 cm³/mol. The molecular formula is C15H26N2O2S. The van der Waals surface area contributed by atoms with E-state index in [9.17, 15) is 4.79 Å². The summed E-state index contributed by atoms with van der Waals surface area (Å²) in [7, 11) is 1.86. The zero-order valence-electron chi connectivity index (χ0n) is 12.4. The number of ether oxygens (including phenoxy) is 1. The van der Waals surface area contributed by atoms with Crippen LogP contribution in [0.2, 0.25) is 0 Å². The molecule has 2 rings (SSSR count). The molecule has 2 fully saturated rings. The first kappa shape index (κ1) is 15.7. The van der Waals surface area contributed by atoms with Crippen LogP contribution in [0.25, 0.3) is 0 Å². The molecule has 5 heteroatoms. The van der Waals surface area contributed by atoms with Crippen LogP contribution in [0.4, 0.5) is 0 Å². The van der Waals surface area contributed by atoms with Crippen molar-refractivity contribution in [3.63, 3.8) is 0 Å². The maximum absolute atomic E-state index is 12.9. The standard InChI is InChI=1S/C15H26N2O2S/c1-17(11-12-7-6-10-19-12)14(18)15(13(16)20)8-4-2-3-5-9-15/h12H,2-11H2,1H3,(H2,16,20). The Kier molecular flexibility index (Phi) is 5.38. The lowest BCUT2D eigenvalue weighted by molar-refractivity contribution is -0.139. The van der Waals surface area contributed by atoms with Gasteiger partial charge in [-0.25, -0.2) is 0 Å². The Labute approximate surface area is 127 Å². The Morgan fingerprint density at radius 2 is 1.95 bits per heavy atom. The molecule has 0 spiro atoms. The maximum Gasteiger partial charge on any atom is 0.235 e. The van der Waals surface area contributed by atoms with E-state index in [0.29, 0.717) is 11.5 Å². The third kappa shape index (κ3) is 3.31. The Morgan fingerprint density at radius 3 is 2.45 bits per heavy atom. The largest absolute Gasteiger partial charge is 0.392 e. The summed E-state index contributed by atoms with van der Waals surface area (Å²) in [5, 5.41) is 0. The van der Waals surface area contributed by atoms with Crippen molar-refractivity contribution < 1.29 is 9.53 Å². The van der Waals surface area contributed by atoms with Crippen molar-refractivity contribution in [2.24, 2.45) is 11.1 Å². The molecule has 0 aromatic rings. The summed E-state index contributed by atoms with van der Waals surface area (Å²) in [4.78, 5) is 15.1. The molecule has 114 valence electrons. The van der Waals surface area contributed by atoms with Gasteiger partial charge in [0.2, 0.25) is 5.91 Å². The van der Waals surface area contributed by atoms with Gasteiger partial charge in [-0.3, -0.25) is 4.79 Å². The van der Waals surface area contributed by atoms with E-state index in [0.717, 1.165) is 45.1 Å². The molecule has 20 heavy (non-hydrogen) atoms. The van der Waals surface area contributed by atoms with Crippen molar-refractivity contribution >= 4 is 23.1 Å². The molecule has 1 amide bonds. The summed E-state index contributed by atoms with van der Waals surface area (Å²) < 4.78 is 5.62. The van der Waals surface area contributed by atoms with Crippen LogP contribution in [0.1, 0.15) is 51.4 Å². The molecule has 2 N–H and O–H groups in total. The fourth-order valence-corrected chi connectivity index (χ4v) is 3.73. The van der Waals surface area contributed by atoms with Crippen LogP contribution in [0.5, 0.6) is 0 Å². The minimum Gasteiger partial charge on any atom is -0.392 e. The topological polar surface area (TPSA) is 55.6 Å². The summed E-state index contributed by atoms with van der Waals surface area (Å²) in [6.07, 6.45) is 8.34. The molecule has 1 unspecified atom stereocenters. The minimum atomic E-state index is -0.612. The predicted octanol–water partition coefficient (Wildman–Crippen LogP) is 2.25. The molecule has 0 bridgehead atoms. The van der Waals surface area contributed by atoms with Crippen LogP contribution in [0.15, 0.2) is 0 Å². The average Bonchev–Trinajstić information content (AvgIpc) is 2.79. The number of likely N-dealkylation sites (N-methyl/N-ethyl adjacent to an activating group) is 1. The molecule has 1 saturated carbocycles. The number of thiocarbonyl (C=S) groups is 1. The Balaban J connectivity index is 2.06. The highest BCUT2D eigenvalue weighted by molar-refractivity contribution is 7.80. The van der Waals surface area contributed by atoms with Gasteiger partial charge >= 0.3 is 0 Å². The first-order chi connectivity index (χ1) is 9.56. The number of carbonyl (C=O) groups excluding carboxylic acids is 1. The summed E-state index contributed by atoms with van der Waals surface area (Å²) in [5.74, 6) is 0.0994. The maximum atomic E-state index is 12.9. The number of rotatable bonds is 4. The van der Waals surface area contributed by atoms with Crippen LogP contribution in [-0.2, 0) is 9.53 Å². The van der Waals surface area contributed by atoms with Crippen LogP contribution in [-0.4, -0.2) is 42.1 Å². The number of hydrogen-bond donors (Lipinski definition) is 1. The second kappa shape index (κ2) is 6.85. The zero-order valence-corrected chi connectivity index (χ0v) is 13.2. The normalized spacial score (nSPS) is 25.9. The monoisotopic (exact) mass is 298 g/mol. The molecule has 0 radical (unpaired) electrons. The SMILES string of the molecule is CN(CC1CCCO1)C(=O)C1(C(N)=S)CCCCCC1. The number of hydrogen-bond acceptors (Lipinski definition) is 3. The van der Waals surface area contributed by atoms with Crippen molar-refractivity contribution in [1.29, 1.82) is 0 Å². The Bertz CT molecular complexity index is 359. The third-order valence-electron chi connectivity index (χ3n) is 4.69. The van der Waals surface area contributed by atoms with Crippen molar-refractivity contribution in [1.82, 2.24) is 4.90 Å². The fourth-order valence-electron chi connectivity index (χ4n) is 3.44. The van der Waals surface area contributed by atoms with Gasteiger partial charge in [0.05, 0.1) is 16.5 Å². The average molecular weight is 298 g/mol. The third-order valence-corrected chi connectivity index (χ3v) is 5.08. The molecule has 0 aromatic carbocycles. The summed E-state index contributed by atoms with van der Waals surface area (Å²) in [5.41, 5.74) is 5.36. The molecule has 4 nitrogen and oxygen atoms in total. The molecule has 0 aromatic heterocycles. The lowest BCUT2D eigenvalue weighted by atomic mass is 9.78. The quantitative estimate of drug-likeness (QED) is 0.639. The summed E-state index contributed by atoms with van der Waals surface area (Å²) in [6, 6.07) is 0. The van der Waals surface area contributed by atoms with Crippen molar-refractivity contribution in [2.45, 2.75) is 57.5 Å². The van der Waals surface area contributed by atoms with Gasteiger partial charge in [-0.15, -0.1) is 0 Å². The second-order valence-corrected chi connectivity index (χ2v) is 6.62. The first-order valence-corrected chi connectivity index (χ1v) is 8.14. The molecule has 1 aliphatic carbocycles. The van der Waals surface area contributed by atoms with E-state index in [-0.39, 0.29) is 12.0 Å². The van der Waals surface area contributed by atoms with Gasteiger partial charge in [0, 0.05) is 20.2 Å². The fraction of sp³-hybridized carbons (Fsp3) is 0.867. The molecule has 1 aliphatic heterocycles. The van der Waals surface area contributed by atoms with E-state index in [2.05, 4.69) is 0 Å². The molecule has 1 atom stereocenters. The van der Waals surface area contributed by atoms with Crippen molar-refractivity contribution in [2.75, 3.05) is 20.2 Å². The van der Waals surface area contributed by atoms with Crippen molar-refractivity contribution in [3.8, 4) is 0 Å². The van der Waals surface area contributed by atoms with E-state index >= 15 is 0 Å². The number of carbonyl (C=O) groups is 1. The van der Waals surface area contributed by atoms with Crippen LogP contribution < -0.4 is 5.73 Å². The van der Waals surface area contributed by atoms with Gasteiger partial charge in [-0.1, -0.05) is 37.9 Å². The molecule has 1 saturated heterocycles. The number of nitrogens with two attached hydrogens (primary N) is 1. The summed E-state index contributed by atoms with van der Waals surface area (Å²) in [6.45, 7) is 1.47. The Hall–Kier alpha value is -0.680. The minimum absolute atomic E-state index is 0.0994. The lowest BCUT2D eigenvalue weighted by Crippen LogP contribution is -2.50. The number of amides is 1. The van der Waals surface area contributed by atoms with E-state index in [1.54, 1.807) is 4.90 Å². The van der Waals surface area contributed by atoms with Gasteiger partial charge < -0.3 is 15.4 Å². The second-order valence-electron chi connectivity index (χ2n) is 6.18. The van der Waals surface area contributed by atoms with Gasteiger partial charge in [-0.05, 0) is 25.7 Å². The number of nitrogens with zero attached hydrogens (tertiary/aromatic N) is 1. The van der Waals surface area contributed by atoms with Crippen LogP contribution in [0, 0.1) is 5.41 Å². The van der Waals surface area contributed by atoms with Crippen molar-refractivity contribution in [3.05, 3.63) is 0 Å². The molecule has 2 aliphatic rings. The smallest absolute Gasteiger partial charge is 0.235 e. The van der Waals surface area contributed by atoms with Crippen LogP contribution >= 0.6 is 12.2 Å². The highest BCUT2D eigenvalue weighted by atomic mass is 32.1. The molecule has 1 heterocycles. The zero-order chi connectivity index (χ0) is 14.6. The first-order valence-electron chi connectivity index (χ1n) is 7.73. The van der Waals surface area contributed by atoms with Gasteiger partial charge in [-0.2, -0.15) is 0 Å². The van der Waals surface area contributed by atoms with E-state index < -0.39 is 5.41 Å². The van der Waals surface area contributed by atoms with Gasteiger partial charge in [0.15, 0.2) is 0 Å². The van der Waals surface area contributed by atoms with E-state index in [4.69, 9.17) is 22.7 Å². The highest BCUT2D eigenvalue weighted by Crippen LogP contribution is 2.37. The van der Waals surface area contributed by atoms with Gasteiger partial charge in [0.25, 0.3) is 0 Å². The van der Waals surface area contributed by atoms with Gasteiger partial charge in [0.1, 0.15) is 0 Å². The Morgan fingerprint density at radius 1 is 1.30 bits per heavy atom. The van der Waals surface area contributed by atoms with E-state index in [1.165, 1.54) is 12.8 Å².